The van der Waals surface area contributed by atoms with E-state index in [4.69, 9.17) is 0 Å². The van der Waals surface area contributed by atoms with E-state index < -0.39 is 0 Å². The van der Waals surface area contributed by atoms with Gasteiger partial charge in [-0.1, -0.05) is 13.3 Å². The summed E-state index contributed by atoms with van der Waals surface area (Å²) < 4.78 is 4.63. The summed E-state index contributed by atoms with van der Waals surface area (Å²) in [5.41, 5.74) is 0. The highest BCUT2D eigenvalue weighted by Crippen LogP contribution is 2.37. The molecular weight excluding hydrogens is 262 g/mol. The molecule has 3 atom stereocenters. The number of nitrogens with zero attached hydrogens (tertiary/aromatic N) is 1. The van der Waals surface area contributed by atoms with Gasteiger partial charge in [-0.3, -0.25) is 9.59 Å². The number of carbonyl (C=O) groups is 2. The average Bonchev–Trinajstić information content (AvgIpc) is 2.74. The topological polar surface area (TPSA) is 46.6 Å². The Morgan fingerprint density at radius 2 is 2.05 bits per heavy atom. The monoisotopic (exact) mass is 287 g/mol. The highest BCUT2D eigenvalue weighted by molar-refractivity contribution is 8.00. The van der Waals surface area contributed by atoms with Crippen LogP contribution in [0.4, 0.5) is 0 Å². The Morgan fingerprint density at radius 3 is 2.63 bits per heavy atom. The summed E-state index contributed by atoms with van der Waals surface area (Å²) in [5, 5.41) is 0.601. The minimum Gasteiger partial charge on any atom is -0.469 e. The molecule has 0 aromatic rings. The van der Waals surface area contributed by atoms with Gasteiger partial charge in [0.05, 0.1) is 7.11 Å². The molecule has 110 valence electrons. The summed E-state index contributed by atoms with van der Waals surface area (Å²) in [6.07, 6.45) is 3.57. The molecule has 0 saturated carbocycles. The van der Waals surface area contributed by atoms with E-state index in [2.05, 4.69) is 11.7 Å². The van der Waals surface area contributed by atoms with Gasteiger partial charge in [0.25, 0.3) is 0 Å². The minimum atomic E-state index is -0.124. The first-order valence-corrected chi connectivity index (χ1v) is 7.94. The van der Waals surface area contributed by atoms with E-state index >= 15 is 0 Å². The molecule has 1 fully saturated rings. The van der Waals surface area contributed by atoms with Crippen molar-refractivity contribution in [2.75, 3.05) is 19.9 Å². The van der Waals surface area contributed by atoms with Crippen molar-refractivity contribution in [3.63, 3.8) is 0 Å². The van der Waals surface area contributed by atoms with Crippen LogP contribution in [0, 0.1) is 5.92 Å². The number of ether oxygens (including phenoxy) is 1. The second-order valence-electron chi connectivity index (χ2n) is 5.25. The molecule has 0 aromatic heterocycles. The quantitative estimate of drug-likeness (QED) is 0.555. The highest BCUT2D eigenvalue weighted by Gasteiger charge is 2.36. The maximum absolute atomic E-state index is 11.4. The predicted molar refractivity (Wildman–Crippen MR) is 78.1 cm³/mol. The molecule has 19 heavy (non-hydrogen) atoms. The van der Waals surface area contributed by atoms with Crippen LogP contribution >= 0.6 is 11.8 Å². The van der Waals surface area contributed by atoms with E-state index in [9.17, 15) is 9.59 Å². The lowest BCUT2D eigenvalue weighted by Gasteiger charge is -2.28. The smallest absolute Gasteiger partial charge is 0.305 e. The summed E-state index contributed by atoms with van der Waals surface area (Å²) in [7, 11) is 3.32. The fourth-order valence-corrected chi connectivity index (χ4v) is 4.32. The molecule has 0 unspecified atom stereocenters. The van der Waals surface area contributed by atoms with E-state index in [1.165, 1.54) is 7.11 Å². The van der Waals surface area contributed by atoms with Crippen molar-refractivity contribution in [2.45, 2.75) is 50.8 Å². The molecule has 0 N–H and O–H groups in total. The van der Waals surface area contributed by atoms with Gasteiger partial charge in [-0.15, -0.1) is 0 Å². The summed E-state index contributed by atoms with van der Waals surface area (Å²) in [6.45, 7) is 3.86. The lowest BCUT2D eigenvalue weighted by Crippen LogP contribution is -2.40. The zero-order valence-electron chi connectivity index (χ0n) is 12.3. The van der Waals surface area contributed by atoms with Crippen LogP contribution in [0.3, 0.4) is 0 Å². The van der Waals surface area contributed by atoms with Gasteiger partial charge in [-0.05, 0) is 18.8 Å². The van der Waals surface area contributed by atoms with Crippen LogP contribution in [0.25, 0.3) is 0 Å². The maximum atomic E-state index is 11.4. The summed E-state index contributed by atoms with van der Waals surface area (Å²) in [6, 6.07) is 0.355. The van der Waals surface area contributed by atoms with Crippen molar-refractivity contribution in [2.24, 2.45) is 5.92 Å². The van der Waals surface area contributed by atoms with Crippen LogP contribution < -0.4 is 0 Å². The van der Waals surface area contributed by atoms with Crippen LogP contribution in [0.15, 0.2) is 0 Å². The molecule has 1 aliphatic heterocycles. The van der Waals surface area contributed by atoms with Gasteiger partial charge in [0, 0.05) is 37.4 Å². The van der Waals surface area contributed by atoms with Crippen LogP contribution in [0.5, 0.6) is 0 Å². The van der Waals surface area contributed by atoms with Crippen LogP contribution in [0.1, 0.15) is 39.5 Å². The molecule has 0 aromatic carbocycles. The molecule has 1 heterocycles. The number of esters is 1. The highest BCUT2D eigenvalue weighted by atomic mass is 32.2. The Balaban J connectivity index is 2.29. The first-order valence-electron chi connectivity index (χ1n) is 6.89. The van der Waals surface area contributed by atoms with Gasteiger partial charge >= 0.3 is 5.97 Å². The molecule has 1 aliphatic rings. The second-order valence-corrected chi connectivity index (χ2v) is 6.52. The summed E-state index contributed by atoms with van der Waals surface area (Å²) in [4.78, 5) is 24.3. The van der Waals surface area contributed by atoms with Gasteiger partial charge < -0.3 is 9.64 Å². The molecule has 1 rings (SSSR count). The molecule has 5 heteroatoms. The first kappa shape index (κ1) is 16.3. The van der Waals surface area contributed by atoms with Crippen molar-refractivity contribution >= 4 is 23.6 Å². The van der Waals surface area contributed by atoms with Gasteiger partial charge in [0.2, 0.25) is 5.91 Å². The molecule has 0 spiro atoms. The number of hydrogen-bond acceptors (Lipinski definition) is 4. The zero-order chi connectivity index (χ0) is 14.4. The second kappa shape index (κ2) is 7.78. The van der Waals surface area contributed by atoms with Crippen molar-refractivity contribution in [1.29, 1.82) is 0 Å². The van der Waals surface area contributed by atoms with Gasteiger partial charge in [0.1, 0.15) is 0 Å². The lowest BCUT2D eigenvalue weighted by atomic mass is 9.95. The number of methoxy groups -OCH3 is 1. The van der Waals surface area contributed by atoms with E-state index in [0.717, 1.165) is 25.0 Å². The maximum Gasteiger partial charge on any atom is 0.305 e. The summed E-state index contributed by atoms with van der Waals surface area (Å²) >= 11 is 1.96. The van der Waals surface area contributed by atoms with Gasteiger partial charge in [0.15, 0.2) is 0 Å². The number of rotatable bonds is 6. The third-order valence-electron chi connectivity index (χ3n) is 4.02. The fraction of sp³-hybridized carbons (Fsp3) is 0.857. The Morgan fingerprint density at radius 1 is 1.37 bits per heavy atom. The first-order chi connectivity index (χ1) is 8.97. The Hall–Kier alpha value is -0.710. The van der Waals surface area contributed by atoms with Crippen LogP contribution in [-0.2, 0) is 14.3 Å². The zero-order valence-corrected chi connectivity index (χ0v) is 13.2. The van der Waals surface area contributed by atoms with Gasteiger partial charge in [-0.2, -0.15) is 11.8 Å². The van der Waals surface area contributed by atoms with Crippen molar-refractivity contribution in [3.8, 4) is 0 Å². The standard InChI is InChI=1S/C14H25NO3S/c1-10-12(15(3)11(2)16)9-19-13(10)7-5-6-8-14(17)18-4/h10,12-13H,5-9H2,1-4H3/t10-,12-,13-/m0/s1. The molecule has 0 bridgehead atoms. The third-order valence-corrected chi connectivity index (χ3v) is 5.64. The Labute approximate surface area is 120 Å². The normalized spacial score (nSPS) is 26.2. The Kier molecular flexibility index (Phi) is 6.69. The van der Waals surface area contributed by atoms with Crippen molar-refractivity contribution in [1.82, 2.24) is 4.90 Å². The van der Waals surface area contributed by atoms with Crippen LogP contribution in [-0.4, -0.2) is 48.0 Å². The fourth-order valence-electron chi connectivity index (χ4n) is 2.53. The largest absolute Gasteiger partial charge is 0.469 e. The number of hydrogen-bond donors (Lipinski definition) is 0. The van der Waals surface area contributed by atoms with E-state index in [1.807, 2.05) is 23.7 Å². The summed E-state index contributed by atoms with van der Waals surface area (Å²) in [5.74, 6) is 1.57. The lowest BCUT2D eigenvalue weighted by molar-refractivity contribution is -0.140. The number of unbranched alkanes of at least 4 members (excludes halogenated alkanes) is 1. The molecule has 0 radical (unpaired) electrons. The SMILES string of the molecule is COC(=O)CCCC[C@@H]1SC[C@H](N(C)C(C)=O)[C@@H]1C. The number of carbonyl (C=O) groups excluding carboxylic acids is 2. The Bertz CT molecular complexity index is 322. The van der Waals surface area contributed by atoms with E-state index in [-0.39, 0.29) is 11.9 Å². The predicted octanol–water partition coefficient (Wildman–Crippen LogP) is 2.32. The van der Waals surface area contributed by atoms with Crippen molar-refractivity contribution in [3.05, 3.63) is 0 Å². The number of thioether (sulfide) groups is 1. The van der Waals surface area contributed by atoms with Crippen molar-refractivity contribution < 1.29 is 14.3 Å². The van der Waals surface area contributed by atoms with Gasteiger partial charge in [-0.25, -0.2) is 0 Å². The molecule has 4 nitrogen and oxygen atoms in total. The molecule has 0 aliphatic carbocycles. The third kappa shape index (κ3) is 4.71. The van der Waals surface area contributed by atoms with Crippen LogP contribution in [0.2, 0.25) is 0 Å². The van der Waals surface area contributed by atoms with E-state index in [1.54, 1.807) is 6.92 Å². The number of amides is 1. The molecule has 1 saturated heterocycles. The average molecular weight is 287 g/mol. The molecule has 1 amide bonds. The molecular formula is C14H25NO3S. The van der Waals surface area contributed by atoms with E-state index in [0.29, 0.717) is 23.6 Å². The minimum absolute atomic E-state index is 0.124.